The number of hydrogen-bond acceptors (Lipinski definition) is 2. The maximum atomic E-state index is 3.25. The maximum absolute atomic E-state index is 3.25. The van der Waals surface area contributed by atoms with Crippen molar-refractivity contribution in [3.05, 3.63) is 0 Å². The first-order valence-corrected chi connectivity index (χ1v) is 4.12. The molecular weight excluding hydrogens is 124 g/mol. The quantitative estimate of drug-likeness (QED) is 0.605. The van der Waals surface area contributed by atoms with Crippen molar-refractivity contribution in [3.8, 4) is 0 Å². The molecule has 0 aliphatic rings. The lowest BCUT2D eigenvalue weighted by Gasteiger charge is -1.95. The van der Waals surface area contributed by atoms with Crippen molar-refractivity contribution in [1.29, 1.82) is 0 Å². The molecule has 0 aromatic carbocycles. The monoisotopic (exact) mass is 150 g/mol. The van der Waals surface area contributed by atoms with Crippen LogP contribution in [0.1, 0.15) is 42.0 Å². The van der Waals surface area contributed by atoms with Crippen LogP contribution in [0.5, 0.6) is 0 Å². The molecule has 0 aromatic heterocycles. The molecule has 0 fully saturated rings. The highest BCUT2D eigenvalue weighted by Crippen LogP contribution is 1.80. The van der Waals surface area contributed by atoms with Crippen molar-refractivity contribution in [2.75, 3.05) is 13.1 Å². The van der Waals surface area contributed by atoms with Crippen molar-refractivity contribution >= 4 is 0 Å². The third-order valence-corrected chi connectivity index (χ3v) is 0.957. The van der Waals surface area contributed by atoms with Crippen LogP contribution in [0, 0.1) is 0 Å². The molecule has 0 bridgehead atoms. The Labute approximate surface area is 67.5 Å². The molecule has 0 amide bonds. The topological polar surface area (TPSA) is 47.0 Å². The zero-order valence-corrected chi connectivity index (χ0v) is 8.04. The van der Waals surface area contributed by atoms with E-state index in [0.717, 1.165) is 6.54 Å². The lowest BCUT2D eigenvalue weighted by Crippen LogP contribution is -2.13. The molecule has 0 saturated carbocycles. The fourth-order valence-electron chi connectivity index (χ4n) is 0.479. The zero-order valence-electron chi connectivity index (χ0n) is 8.04. The fourth-order valence-corrected chi connectivity index (χ4v) is 0.479. The van der Waals surface area contributed by atoms with Crippen LogP contribution in [-0.4, -0.2) is 13.1 Å². The molecule has 0 radical (unpaired) electrons. The minimum atomic E-state index is 0. The molecule has 0 aliphatic carbocycles. The Bertz CT molecular complexity index is 31.3. The molecule has 2 heteroatoms. The van der Waals surface area contributed by atoms with E-state index in [0.29, 0.717) is 0 Å². The van der Waals surface area contributed by atoms with Crippen LogP contribution < -0.4 is 11.5 Å². The summed E-state index contributed by atoms with van der Waals surface area (Å²) in [5.74, 6) is 0. The second-order valence-electron chi connectivity index (χ2n) is 1.71. The summed E-state index contributed by atoms with van der Waals surface area (Å²) in [6, 6.07) is 0. The van der Waals surface area contributed by atoms with Gasteiger partial charge in [-0.05, 0) is 19.5 Å². The predicted molar refractivity (Wildman–Crippen MR) is 51.9 cm³/mol. The SMILES string of the molecule is CC.CCCCNCC.N.[HH]. The first kappa shape index (κ1) is 16.5. The number of rotatable bonds is 4. The van der Waals surface area contributed by atoms with Crippen LogP contribution >= 0.6 is 0 Å². The number of nitrogens with one attached hydrogen (secondary N) is 1. The van der Waals surface area contributed by atoms with Gasteiger partial charge in [0.1, 0.15) is 0 Å². The summed E-state index contributed by atoms with van der Waals surface area (Å²) < 4.78 is 0. The smallest absolute Gasteiger partial charge is 0 e. The molecule has 68 valence electrons. The second kappa shape index (κ2) is 23.1. The van der Waals surface area contributed by atoms with Gasteiger partial charge in [-0.15, -0.1) is 0 Å². The van der Waals surface area contributed by atoms with Crippen LogP contribution in [0.3, 0.4) is 0 Å². The van der Waals surface area contributed by atoms with Gasteiger partial charge in [-0.2, -0.15) is 0 Å². The summed E-state index contributed by atoms with van der Waals surface area (Å²) >= 11 is 0. The van der Waals surface area contributed by atoms with Crippen LogP contribution in [0.2, 0.25) is 0 Å². The van der Waals surface area contributed by atoms with Gasteiger partial charge < -0.3 is 11.5 Å². The summed E-state index contributed by atoms with van der Waals surface area (Å²) in [7, 11) is 0. The van der Waals surface area contributed by atoms with Crippen molar-refractivity contribution in [2.45, 2.75) is 40.5 Å². The van der Waals surface area contributed by atoms with Gasteiger partial charge in [-0.1, -0.05) is 34.1 Å². The Morgan fingerprint density at radius 2 is 1.70 bits per heavy atom. The van der Waals surface area contributed by atoms with E-state index in [1.165, 1.54) is 19.4 Å². The lowest BCUT2D eigenvalue weighted by atomic mass is 10.3. The third kappa shape index (κ3) is 24.7. The molecule has 0 atom stereocenters. The normalized spacial score (nSPS) is 7.20. The van der Waals surface area contributed by atoms with E-state index in [2.05, 4.69) is 19.2 Å². The number of hydrogen-bond donors (Lipinski definition) is 2. The summed E-state index contributed by atoms with van der Waals surface area (Å²) in [6.45, 7) is 10.6. The molecule has 0 heterocycles. The van der Waals surface area contributed by atoms with E-state index in [4.69, 9.17) is 0 Å². The van der Waals surface area contributed by atoms with E-state index in [1.807, 2.05) is 13.8 Å². The molecule has 0 unspecified atom stereocenters. The molecule has 4 N–H and O–H groups in total. The Kier molecular flexibility index (Phi) is 38.1. The standard InChI is InChI=1S/C6H15N.C2H6.H3N.H2/c1-3-5-6-7-4-2;1-2;;/h7H,3-6H2,1-2H3;1-2H3;1H3;1H. The van der Waals surface area contributed by atoms with Crippen LogP contribution in [0.15, 0.2) is 0 Å². The van der Waals surface area contributed by atoms with E-state index in [1.54, 1.807) is 0 Å². The summed E-state index contributed by atoms with van der Waals surface area (Å²) in [5.41, 5.74) is 0. The van der Waals surface area contributed by atoms with Crippen molar-refractivity contribution < 1.29 is 1.43 Å². The van der Waals surface area contributed by atoms with Gasteiger partial charge in [0, 0.05) is 1.43 Å². The number of unbranched alkanes of at least 4 members (excludes halogenated alkanes) is 1. The van der Waals surface area contributed by atoms with Gasteiger partial charge >= 0.3 is 0 Å². The van der Waals surface area contributed by atoms with Gasteiger partial charge in [-0.3, -0.25) is 0 Å². The highest BCUT2D eigenvalue weighted by Gasteiger charge is 1.77. The average molecular weight is 150 g/mol. The first-order valence-electron chi connectivity index (χ1n) is 4.12. The molecule has 0 spiro atoms. The van der Waals surface area contributed by atoms with Gasteiger partial charge in [0.05, 0.1) is 0 Å². The van der Waals surface area contributed by atoms with Crippen LogP contribution in [-0.2, 0) is 0 Å². The van der Waals surface area contributed by atoms with Crippen molar-refractivity contribution in [2.24, 2.45) is 0 Å². The predicted octanol–water partition coefficient (Wildman–Crippen LogP) is 2.83. The van der Waals surface area contributed by atoms with Crippen LogP contribution in [0.4, 0.5) is 0 Å². The van der Waals surface area contributed by atoms with Gasteiger partial charge in [0.2, 0.25) is 0 Å². The highest BCUT2D eigenvalue weighted by atomic mass is 14.8. The van der Waals surface area contributed by atoms with Gasteiger partial charge in [0.15, 0.2) is 0 Å². The molecular formula is C8H26N2. The summed E-state index contributed by atoms with van der Waals surface area (Å²) in [6.07, 6.45) is 2.61. The van der Waals surface area contributed by atoms with Crippen LogP contribution in [0.25, 0.3) is 0 Å². The van der Waals surface area contributed by atoms with Gasteiger partial charge in [0.25, 0.3) is 0 Å². The largest absolute Gasteiger partial charge is 0.344 e. The molecule has 0 aliphatic heterocycles. The average Bonchev–Trinajstić information content (AvgIpc) is 1.94. The Morgan fingerprint density at radius 1 is 1.20 bits per heavy atom. The first-order chi connectivity index (χ1) is 4.41. The summed E-state index contributed by atoms with van der Waals surface area (Å²) in [5, 5.41) is 3.25. The van der Waals surface area contributed by atoms with Crippen molar-refractivity contribution in [1.82, 2.24) is 11.5 Å². The third-order valence-electron chi connectivity index (χ3n) is 0.957. The van der Waals surface area contributed by atoms with Gasteiger partial charge in [-0.25, -0.2) is 0 Å². The molecule has 2 nitrogen and oxygen atoms in total. The fraction of sp³-hybridized carbons (Fsp3) is 1.00. The Morgan fingerprint density at radius 3 is 2.00 bits per heavy atom. The zero-order chi connectivity index (χ0) is 7.54. The minimum Gasteiger partial charge on any atom is -0.344 e. The lowest BCUT2D eigenvalue weighted by molar-refractivity contribution is 0.663. The van der Waals surface area contributed by atoms with E-state index < -0.39 is 0 Å². The Hall–Kier alpha value is -0.0800. The Balaban J connectivity index is -0.0000000564. The molecule has 0 saturated heterocycles. The summed E-state index contributed by atoms with van der Waals surface area (Å²) in [4.78, 5) is 0. The highest BCUT2D eigenvalue weighted by molar-refractivity contribution is 4.39. The minimum absolute atomic E-state index is 0. The van der Waals surface area contributed by atoms with Crippen molar-refractivity contribution in [3.63, 3.8) is 0 Å². The molecule has 10 heavy (non-hydrogen) atoms. The van der Waals surface area contributed by atoms with E-state index >= 15 is 0 Å². The molecule has 0 aromatic rings. The van der Waals surface area contributed by atoms with E-state index in [-0.39, 0.29) is 7.58 Å². The molecule has 0 rings (SSSR count). The maximum Gasteiger partial charge on any atom is 0 e. The second-order valence-corrected chi connectivity index (χ2v) is 1.71. The van der Waals surface area contributed by atoms with E-state index in [9.17, 15) is 0 Å².